The molecule has 10 aromatic rings. The van der Waals surface area contributed by atoms with Gasteiger partial charge in [0.05, 0.1) is 45.7 Å². The Bertz CT molecular complexity index is 3110. The standard InChI is InChI=1S/C52H31N7/c53-32-39-17-7-9-19-41(39)36-22-25-47-43(29-36)44-30-37(42-20-10-8-18-40(42)33-54)23-26-48(44)59(47)49-27-24-38(46-21-11-12-28-55-46)31-45(49)52-57-50(34-13-3-1-4-14-34)56-51(58-52)35-15-5-2-6-16-35/h1-31H. The van der Waals surface area contributed by atoms with Gasteiger partial charge in [-0.1, -0.05) is 121 Å². The quantitative estimate of drug-likeness (QED) is 0.160. The molecule has 0 amide bonds. The van der Waals surface area contributed by atoms with Crippen LogP contribution < -0.4 is 0 Å². The predicted molar refractivity (Wildman–Crippen MR) is 234 cm³/mol. The Morgan fingerprint density at radius 2 is 0.881 bits per heavy atom. The first-order chi connectivity index (χ1) is 29.2. The van der Waals surface area contributed by atoms with Gasteiger partial charge in [0.2, 0.25) is 0 Å². The lowest BCUT2D eigenvalue weighted by Gasteiger charge is -2.16. The van der Waals surface area contributed by atoms with Gasteiger partial charge in [-0.25, -0.2) is 15.0 Å². The van der Waals surface area contributed by atoms with Crippen LogP contribution in [0, 0.1) is 22.7 Å². The minimum atomic E-state index is 0.514. The van der Waals surface area contributed by atoms with Crippen molar-refractivity contribution in [2.75, 3.05) is 0 Å². The van der Waals surface area contributed by atoms with Gasteiger partial charge in [-0.3, -0.25) is 4.98 Å². The molecule has 7 aromatic carbocycles. The minimum Gasteiger partial charge on any atom is -0.308 e. The molecule has 0 radical (unpaired) electrons. The van der Waals surface area contributed by atoms with E-state index in [1.165, 1.54) is 0 Å². The van der Waals surface area contributed by atoms with E-state index in [0.29, 0.717) is 28.6 Å². The van der Waals surface area contributed by atoms with Gasteiger partial charge in [-0.15, -0.1) is 0 Å². The first-order valence-corrected chi connectivity index (χ1v) is 19.2. The van der Waals surface area contributed by atoms with Crippen molar-refractivity contribution in [3.63, 3.8) is 0 Å². The minimum absolute atomic E-state index is 0.514. The number of fused-ring (bicyclic) bond motifs is 3. The van der Waals surface area contributed by atoms with Crippen LogP contribution in [0.5, 0.6) is 0 Å². The number of hydrogen-bond acceptors (Lipinski definition) is 6. The Balaban J connectivity index is 1.29. The number of hydrogen-bond donors (Lipinski definition) is 0. The summed E-state index contributed by atoms with van der Waals surface area (Å²) < 4.78 is 2.26. The Hall–Kier alpha value is -8.52. The smallest absolute Gasteiger partial charge is 0.166 e. The van der Waals surface area contributed by atoms with Gasteiger partial charge in [0.1, 0.15) is 0 Å². The van der Waals surface area contributed by atoms with Gasteiger partial charge >= 0.3 is 0 Å². The van der Waals surface area contributed by atoms with Crippen molar-refractivity contribution in [1.29, 1.82) is 10.5 Å². The van der Waals surface area contributed by atoms with E-state index in [0.717, 1.165) is 77.7 Å². The summed E-state index contributed by atoms with van der Waals surface area (Å²) in [6.07, 6.45) is 1.80. The lowest BCUT2D eigenvalue weighted by molar-refractivity contribution is 1.06. The van der Waals surface area contributed by atoms with Gasteiger partial charge in [-0.2, -0.15) is 10.5 Å². The first-order valence-electron chi connectivity index (χ1n) is 19.2. The maximum absolute atomic E-state index is 10.1. The van der Waals surface area contributed by atoms with Gasteiger partial charge in [0, 0.05) is 39.2 Å². The number of aromatic nitrogens is 5. The summed E-state index contributed by atoms with van der Waals surface area (Å²) in [6.45, 7) is 0. The molecule has 0 unspecified atom stereocenters. The number of rotatable bonds is 7. The number of pyridine rings is 1. The molecule has 59 heavy (non-hydrogen) atoms. The van der Waals surface area contributed by atoms with E-state index in [-0.39, 0.29) is 0 Å². The molecule has 0 aliphatic heterocycles. The molecule has 274 valence electrons. The highest BCUT2D eigenvalue weighted by Gasteiger charge is 2.22. The van der Waals surface area contributed by atoms with Crippen molar-refractivity contribution in [2.24, 2.45) is 0 Å². The lowest BCUT2D eigenvalue weighted by Crippen LogP contribution is -2.04. The number of benzene rings is 7. The van der Waals surface area contributed by atoms with E-state index in [2.05, 4.69) is 71.3 Å². The van der Waals surface area contributed by atoms with Crippen LogP contribution in [0.15, 0.2) is 188 Å². The van der Waals surface area contributed by atoms with Crippen molar-refractivity contribution in [2.45, 2.75) is 0 Å². The van der Waals surface area contributed by atoms with Crippen LogP contribution in [0.3, 0.4) is 0 Å². The highest BCUT2D eigenvalue weighted by molar-refractivity contribution is 6.12. The van der Waals surface area contributed by atoms with Crippen molar-refractivity contribution in [3.8, 4) is 85.5 Å². The van der Waals surface area contributed by atoms with Crippen LogP contribution in [-0.2, 0) is 0 Å². The van der Waals surface area contributed by atoms with Crippen molar-refractivity contribution >= 4 is 21.8 Å². The normalized spacial score (nSPS) is 11.0. The van der Waals surface area contributed by atoms with Crippen LogP contribution >= 0.6 is 0 Å². The monoisotopic (exact) mass is 753 g/mol. The summed E-state index contributed by atoms with van der Waals surface area (Å²) in [4.78, 5) is 20.1. The van der Waals surface area contributed by atoms with E-state index in [1.807, 2.05) is 127 Å². The lowest BCUT2D eigenvalue weighted by atomic mass is 9.96. The van der Waals surface area contributed by atoms with Crippen molar-refractivity contribution < 1.29 is 0 Å². The first kappa shape index (κ1) is 34.9. The molecule has 0 saturated carbocycles. The highest BCUT2D eigenvalue weighted by atomic mass is 15.1. The molecule has 0 N–H and O–H groups in total. The van der Waals surface area contributed by atoms with Gasteiger partial charge in [0.25, 0.3) is 0 Å². The average Bonchev–Trinajstić information content (AvgIpc) is 3.64. The fourth-order valence-electron chi connectivity index (χ4n) is 7.81. The van der Waals surface area contributed by atoms with Crippen LogP contribution in [0.1, 0.15) is 11.1 Å². The topological polar surface area (TPSA) is 104 Å². The summed E-state index contributed by atoms with van der Waals surface area (Å²) in [6, 6.07) is 64.9. The molecule has 7 nitrogen and oxygen atoms in total. The van der Waals surface area contributed by atoms with Crippen molar-refractivity contribution in [1.82, 2.24) is 24.5 Å². The molecule has 10 rings (SSSR count). The summed E-state index contributed by atoms with van der Waals surface area (Å²) in [5.74, 6) is 1.64. The van der Waals surface area contributed by atoms with E-state index in [9.17, 15) is 10.5 Å². The van der Waals surface area contributed by atoms with Crippen LogP contribution in [0.4, 0.5) is 0 Å². The largest absolute Gasteiger partial charge is 0.308 e. The molecule has 0 aliphatic rings. The molecule has 0 fully saturated rings. The van der Waals surface area contributed by atoms with E-state index in [4.69, 9.17) is 19.9 Å². The predicted octanol–water partition coefficient (Wildman–Crippen LogP) is 12.1. The molecular formula is C52H31N7. The molecule has 0 bridgehead atoms. The highest BCUT2D eigenvalue weighted by Crippen LogP contribution is 2.41. The van der Waals surface area contributed by atoms with Crippen LogP contribution in [-0.4, -0.2) is 24.5 Å². The second-order valence-electron chi connectivity index (χ2n) is 14.1. The van der Waals surface area contributed by atoms with E-state index in [1.54, 1.807) is 6.20 Å². The van der Waals surface area contributed by atoms with Crippen LogP contribution in [0.25, 0.3) is 95.2 Å². The molecule has 3 heterocycles. The van der Waals surface area contributed by atoms with Crippen LogP contribution in [0.2, 0.25) is 0 Å². The Labute approximate surface area is 340 Å². The molecular weight excluding hydrogens is 723 g/mol. The van der Waals surface area contributed by atoms with E-state index >= 15 is 0 Å². The Morgan fingerprint density at radius 3 is 1.41 bits per heavy atom. The summed E-state index contributed by atoms with van der Waals surface area (Å²) >= 11 is 0. The van der Waals surface area contributed by atoms with Gasteiger partial charge in [0.15, 0.2) is 17.5 Å². The third-order valence-electron chi connectivity index (χ3n) is 10.6. The zero-order chi connectivity index (χ0) is 39.7. The van der Waals surface area contributed by atoms with Crippen molar-refractivity contribution in [3.05, 3.63) is 199 Å². The molecule has 0 aliphatic carbocycles. The average molecular weight is 754 g/mol. The Morgan fingerprint density at radius 1 is 0.390 bits per heavy atom. The zero-order valence-electron chi connectivity index (χ0n) is 31.5. The second kappa shape index (κ2) is 14.9. The molecule has 0 atom stereocenters. The zero-order valence-corrected chi connectivity index (χ0v) is 31.5. The maximum atomic E-state index is 10.1. The molecule has 0 saturated heterocycles. The second-order valence-corrected chi connectivity index (χ2v) is 14.1. The summed E-state index contributed by atoms with van der Waals surface area (Å²) in [5.41, 5.74) is 11.8. The Kier molecular flexibility index (Phi) is 8.80. The molecule has 3 aromatic heterocycles. The molecule has 7 heteroatoms. The SMILES string of the molecule is N#Cc1ccccc1-c1ccc2c(c1)c1cc(-c3ccccc3C#N)ccc1n2-c1ccc(-c2ccccn2)cc1-c1nc(-c2ccccc2)nc(-c2ccccc2)n1. The van der Waals surface area contributed by atoms with Gasteiger partial charge in [-0.05, 0) is 82.9 Å². The third kappa shape index (κ3) is 6.36. The van der Waals surface area contributed by atoms with E-state index < -0.39 is 0 Å². The number of nitriles is 2. The number of nitrogens with zero attached hydrogens (tertiary/aromatic N) is 7. The summed E-state index contributed by atoms with van der Waals surface area (Å²) in [7, 11) is 0. The third-order valence-corrected chi connectivity index (χ3v) is 10.6. The maximum Gasteiger partial charge on any atom is 0.166 e. The fraction of sp³-hybridized carbons (Fsp3) is 0. The fourth-order valence-corrected chi connectivity index (χ4v) is 7.81. The van der Waals surface area contributed by atoms with Gasteiger partial charge < -0.3 is 4.57 Å². The molecule has 0 spiro atoms. The summed E-state index contributed by atoms with van der Waals surface area (Å²) in [5, 5.41) is 22.1.